The molecule has 0 aliphatic carbocycles. The highest BCUT2D eigenvalue weighted by molar-refractivity contribution is 6.30. The second kappa shape index (κ2) is 6.93. The van der Waals surface area contributed by atoms with Crippen molar-refractivity contribution in [3.63, 3.8) is 0 Å². The number of nitrogens with zero attached hydrogens (tertiary/aromatic N) is 2. The first-order valence-corrected chi connectivity index (χ1v) is 9.10. The van der Waals surface area contributed by atoms with E-state index in [-0.39, 0.29) is 0 Å². The molecule has 4 rings (SSSR count). The maximum Gasteiger partial charge on any atom is 0.416 e. The van der Waals surface area contributed by atoms with Gasteiger partial charge in [0.05, 0.1) is 16.9 Å². The zero-order valence-corrected chi connectivity index (χ0v) is 15.1. The summed E-state index contributed by atoms with van der Waals surface area (Å²) in [6.07, 6.45) is -1.51. The first kappa shape index (κ1) is 17.9. The number of fused-ring (bicyclic) bond motifs is 1. The van der Waals surface area contributed by atoms with Crippen molar-refractivity contribution in [2.24, 2.45) is 0 Å². The summed E-state index contributed by atoms with van der Waals surface area (Å²) < 4.78 is 40.4. The Balaban J connectivity index is 1.84. The molecule has 0 bridgehead atoms. The molecule has 3 aromatic rings. The second-order valence-corrected chi connectivity index (χ2v) is 6.96. The molecule has 1 N–H and O–H groups in total. The Kier molecular flexibility index (Phi) is 4.60. The van der Waals surface area contributed by atoms with Gasteiger partial charge in [0.25, 0.3) is 0 Å². The molecule has 2 heterocycles. The van der Waals surface area contributed by atoms with Crippen LogP contribution in [0, 0.1) is 0 Å². The lowest BCUT2D eigenvalue weighted by Gasteiger charge is -2.09. The number of hydrogen-bond donors (Lipinski definition) is 1. The van der Waals surface area contributed by atoms with Gasteiger partial charge >= 0.3 is 6.18 Å². The van der Waals surface area contributed by atoms with Crippen LogP contribution in [-0.2, 0) is 12.6 Å². The molecule has 0 atom stereocenters. The van der Waals surface area contributed by atoms with Crippen molar-refractivity contribution in [1.29, 1.82) is 0 Å². The summed E-state index contributed by atoms with van der Waals surface area (Å²) in [5, 5.41) is 8.73. The van der Waals surface area contributed by atoms with E-state index >= 15 is 0 Å². The van der Waals surface area contributed by atoms with Crippen LogP contribution >= 0.6 is 11.6 Å². The highest BCUT2D eigenvalue weighted by atomic mass is 35.5. The van der Waals surface area contributed by atoms with Gasteiger partial charge in [0.2, 0.25) is 0 Å². The molecule has 1 aliphatic rings. The number of aromatic nitrogens is 2. The van der Waals surface area contributed by atoms with Crippen LogP contribution in [0.5, 0.6) is 0 Å². The van der Waals surface area contributed by atoms with Crippen molar-refractivity contribution < 1.29 is 13.2 Å². The van der Waals surface area contributed by atoms with E-state index in [0.29, 0.717) is 16.3 Å². The highest BCUT2D eigenvalue weighted by Gasteiger charge is 2.30. The average molecular weight is 392 g/mol. The Bertz CT molecular complexity index is 962. The Morgan fingerprint density at radius 2 is 1.81 bits per heavy atom. The highest BCUT2D eigenvalue weighted by Crippen LogP contribution is 2.36. The first-order chi connectivity index (χ1) is 12.9. The van der Waals surface area contributed by atoms with Crippen LogP contribution in [0.3, 0.4) is 0 Å². The van der Waals surface area contributed by atoms with Gasteiger partial charge in [-0.1, -0.05) is 29.8 Å². The van der Waals surface area contributed by atoms with Gasteiger partial charge in [-0.15, -0.1) is 0 Å². The summed E-state index contributed by atoms with van der Waals surface area (Å²) in [4.78, 5) is 0. The zero-order chi connectivity index (χ0) is 19.0. The largest absolute Gasteiger partial charge is 0.416 e. The van der Waals surface area contributed by atoms with Crippen molar-refractivity contribution in [3.05, 3.63) is 64.7 Å². The number of hydrogen-bond acceptors (Lipinski definition) is 2. The SMILES string of the molecule is FC(F)(F)c1ccc(-c2nn(-c3cccc(Cl)c3)c3c2CCCCN3)cc1. The quantitative estimate of drug-likeness (QED) is 0.584. The van der Waals surface area contributed by atoms with Gasteiger partial charge in [0, 0.05) is 22.7 Å². The van der Waals surface area contributed by atoms with Crippen LogP contribution < -0.4 is 5.32 Å². The van der Waals surface area contributed by atoms with Crippen molar-refractivity contribution in [1.82, 2.24) is 9.78 Å². The lowest BCUT2D eigenvalue weighted by atomic mass is 10.0. The van der Waals surface area contributed by atoms with Gasteiger partial charge in [-0.3, -0.25) is 0 Å². The van der Waals surface area contributed by atoms with Crippen molar-refractivity contribution in [3.8, 4) is 16.9 Å². The van der Waals surface area contributed by atoms with E-state index in [4.69, 9.17) is 16.7 Å². The molecule has 3 nitrogen and oxygen atoms in total. The van der Waals surface area contributed by atoms with Gasteiger partial charge in [0.1, 0.15) is 5.82 Å². The molecule has 0 saturated carbocycles. The number of benzene rings is 2. The normalized spacial score (nSPS) is 14.4. The third-order valence-electron chi connectivity index (χ3n) is 4.67. The maximum absolute atomic E-state index is 12.9. The molecular weight excluding hydrogens is 375 g/mol. The molecule has 0 radical (unpaired) electrons. The van der Waals surface area contributed by atoms with E-state index in [9.17, 15) is 13.2 Å². The van der Waals surface area contributed by atoms with Crippen LogP contribution in [0.25, 0.3) is 16.9 Å². The summed E-state index contributed by atoms with van der Waals surface area (Å²) in [6.45, 7) is 0.825. The van der Waals surface area contributed by atoms with Crippen LogP contribution in [0.4, 0.5) is 19.0 Å². The average Bonchev–Trinajstić information content (AvgIpc) is 2.82. The Morgan fingerprint density at radius 1 is 1.04 bits per heavy atom. The molecule has 140 valence electrons. The molecule has 1 aliphatic heterocycles. The maximum atomic E-state index is 12.9. The number of rotatable bonds is 2. The van der Waals surface area contributed by atoms with Crippen LogP contribution in [0.15, 0.2) is 48.5 Å². The zero-order valence-electron chi connectivity index (χ0n) is 14.4. The summed E-state index contributed by atoms with van der Waals surface area (Å²) >= 11 is 6.13. The Hall–Kier alpha value is -2.47. The van der Waals surface area contributed by atoms with Gasteiger partial charge in [0.15, 0.2) is 0 Å². The van der Waals surface area contributed by atoms with Crippen LogP contribution in [0.1, 0.15) is 24.0 Å². The van der Waals surface area contributed by atoms with Gasteiger partial charge in [-0.25, -0.2) is 4.68 Å². The van der Waals surface area contributed by atoms with E-state index in [1.165, 1.54) is 12.1 Å². The molecule has 2 aromatic carbocycles. The Morgan fingerprint density at radius 3 is 2.52 bits per heavy atom. The monoisotopic (exact) mass is 391 g/mol. The summed E-state index contributed by atoms with van der Waals surface area (Å²) in [5.41, 5.74) is 2.54. The smallest absolute Gasteiger partial charge is 0.370 e. The minimum absolute atomic E-state index is 0.599. The molecule has 27 heavy (non-hydrogen) atoms. The summed E-state index contributed by atoms with van der Waals surface area (Å²) in [6, 6.07) is 12.5. The lowest BCUT2D eigenvalue weighted by molar-refractivity contribution is -0.137. The molecule has 0 fully saturated rings. The second-order valence-electron chi connectivity index (χ2n) is 6.53. The standard InChI is InChI=1S/C20H17ClF3N3/c21-15-4-3-5-16(12-15)27-19-17(6-1-2-11-25-19)18(26-27)13-7-9-14(10-8-13)20(22,23)24/h3-5,7-10,12,25H,1-2,6,11H2. The van der Waals surface area contributed by atoms with E-state index in [1.54, 1.807) is 10.7 Å². The topological polar surface area (TPSA) is 29.9 Å². The lowest BCUT2D eigenvalue weighted by Crippen LogP contribution is -2.07. The molecule has 7 heteroatoms. The first-order valence-electron chi connectivity index (χ1n) is 8.73. The fourth-order valence-corrected chi connectivity index (χ4v) is 3.53. The number of alkyl halides is 3. The number of halogens is 4. The van der Waals surface area contributed by atoms with Crippen LogP contribution in [-0.4, -0.2) is 16.3 Å². The molecule has 0 amide bonds. The van der Waals surface area contributed by atoms with Crippen molar-refractivity contribution >= 4 is 17.4 Å². The molecule has 1 aromatic heterocycles. The van der Waals surface area contributed by atoms with Gasteiger partial charge in [-0.05, 0) is 49.6 Å². The molecular formula is C20H17ClF3N3. The minimum Gasteiger partial charge on any atom is -0.370 e. The fraction of sp³-hybridized carbons (Fsp3) is 0.250. The Labute approximate surface area is 159 Å². The van der Waals surface area contributed by atoms with E-state index < -0.39 is 11.7 Å². The van der Waals surface area contributed by atoms with E-state index in [2.05, 4.69) is 5.32 Å². The number of nitrogens with one attached hydrogen (secondary N) is 1. The number of anilines is 1. The van der Waals surface area contributed by atoms with E-state index in [0.717, 1.165) is 55.0 Å². The predicted molar refractivity (Wildman–Crippen MR) is 100 cm³/mol. The van der Waals surface area contributed by atoms with Gasteiger partial charge < -0.3 is 5.32 Å². The molecule has 0 saturated heterocycles. The summed E-state index contributed by atoms with van der Waals surface area (Å²) in [5.74, 6) is 0.879. The summed E-state index contributed by atoms with van der Waals surface area (Å²) in [7, 11) is 0. The van der Waals surface area contributed by atoms with E-state index in [1.807, 2.05) is 18.2 Å². The van der Waals surface area contributed by atoms with Gasteiger partial charge in [-0.2, -0.15) is 18.3 Å². The van der Waals surface area contributed by atoms with Crippen molar-refractivity contribution in [2.45, 2.75) is 25.4 Å². The third-order valence-corrected chi connectivity index (χ3v) is 4.90. The molecule has 0 spiro atoms. The van der Waals surface area contributed by atoms with Crippen LogP contribution in [0.2, 0.25) is 5.02 Å². The molecule has 0 unspecified atom stereocenters. The fourth-order valence-electron chi connectivity index (χ4n) is 3.35. The minimum atomic E-state index is -4.35. The predicted octanol–water partition coefficient (Wildman–Crippen LogP) is 5.96. The van der Waals surface area contributed by atoms with Crippen molar-refractivity contribution in [2.75, 3.05) is 11.9 Å². The third kappa shape index (κ3) is 3.54.